The maximum atomic E-state index is 10.6. The van der Waals surface area contributed by atoms with Crippen LogP contribution in [0.2, 0.25) is 0 Å². The van der Waals surface area contributed by atoms with Crippen molar-refractivity contribution in [2.45, 2.75) is 6.42 Å². The largest absolute Gasteiger partial charge is 0.497 e. The first-order valence-corrected chi connectivity index (χ1v) is 5.12. The first-order valence-electron chi connectivity index (χ1n) is 4.00. The lowest BCUT2D eigenvalue weighted by atomic mass is 10.1. The van der Waals surface area contributed by atoms with E-state index in [9.17, 15) is 4.79 Å². The van der Waals surface area contributed by atoms with Gasteiger partial charge in [0.2, 0.25) is 0 Å². The highest BCUT2D eigenvalue weighted by molar-refractivity contribution is 9.09. The zero-order chi connectivity index (χ0) is 9.68. The van der Waals surface area contributed by atoms with Crippen molar-refractivity contribution >= 4 is 22.2 Å². The number of hydrogen-bond donors (Lipinski definition) is 0. The van der Waals surface area contributed by atoms with Crippen LogP contribution in [0.1, 0.15) is 15.9 Å². The van der Waals surface area contributed by atoms with Gasteiger partial charge in [0, 0.05) is 10.9 Å². The molecule has 0 heterocycles. The van der Waals surface area contributed by atoms with Crippen LogP contribution in [0, 0.1) is 0 Å². The highest BCUT2D eigenvalue weighted by Gasteiger charge is 2.02. The normalized spacial score (nSPS) is 9.69. The Morgan fingerprint density at radius 1 is 1.54 bits per heavy atom. The Kier molecular flexibility index (Phi) is 3.96. The Bertz CT molecular complexity index is 297. The summed E-state index contributed by atoms with van der Waals surface area (Å²) in [5.74, 6) is 0.793. The number of alkyl halides is 1. The first kappa shape index (κ1) is 10.3. The smallest absolute Gasteiger partial charge is 0.150 e. The minimum absolute atomic E-state index is 0.736. The van der Waals surface area contributed by atoms with Crippen LogP contribution in [-0.2, 0) is 6.42 Å². The SMILES string of the molecule is COc1ccc(C=O)c(CCBr)c1. The molecule has 0 N–H and O–H groups in total. The van der Waals surface area contributed by atoms with E-state index in [4.69, 9.17) is 4.74 Å². The van der Waals surface area contributed by atoms with Crippen molar-refractivity contribution in [3.05, 3.63) is 29.3 Å². The summed E-state index contributed by atoms with van der Waals surface area (Å²) in [6.45, 7) is 0. The van der Waals surface area contributed by atoms with Crippen LogP contribution in [0.3, 0.4) is 0 Å². The van der Waals surface area contributed by atoms with Crippen molar-refractivity contribution in [3.8, 4) is 5.75 Å². The number of rotatable bonds is 4. The molecule has 0 saturated carbocycles. The molecule has 13 heavy (non-hydrogen) atoms. The Morgan fingerprint density at radius 2 is 2.31 bits per heavy atom. The predicted molar refractivity (Wildman–Crippen MR) is 55.9 cm³/mol. The molecule has 0 spiro atoms. The lowest BCUT2D eigenvalue weighted by molar-refractivity contribution is 0.112. The van der Waals surface area contributed by atoms with E-state index in [2.05, 4.69) is 15.9 Å². The van der Waals surface area contributed by atoms with Crippen LogP contribution in [0.25, 0.3) is 0 Å². The number of halogens is 1. The van der Waals surface area contributed by atoms with E-state index in [1.165, 1.54) is 0 Å². The van der Waals surface area contributed by atoms with Crippen LogP contribution in [0.5, 0.6) is 5.75 Å². The van der Waals surface area contributed by atoms with E-state index >= 15 is 0 Å². The van der Waals surface area contributed by atoms with Gasteiger partial charge in [0.1, 0.15) is 12.0 Å². The van der Waals surface area contributed by atoms with Gasteiger partial charge in [-0.05, 0) is 30.2 Å². The number of aldehydes is 1. The minimum Gasteiger partial charge on any atom is -0.497 e. The maximum absolute atomic E-state index is 10.6. The van der Waals surface area contributed by atoms with Gasteiger partial charge in [-0.2, -0.15) is 0 Å². The van der Waals surface area contributed by atoms with E-state index in [0.29, 0.717) is 0 Å². The van der Waals surface area contributed by atoms with Gasteiger partial charge in [-0.15, -0.1) is 0 Å². The second-order valence-electron chi connectivity index (χ2n) is 2.62. The summed E-state index contributed by atoms with van der Waals surface area (Å²) in [6, 6.07) is 5.47. The third-order valence-corrected chi connectivity index (χ3v) is 2.24. The number of carbonyl (C=O) groups excluding carboxylic acids is 1. The standard InChI is InChI=1S/C10H11BrO2/c1-13-10-3-2-9(7-12)8(6-10)4-5-11/h2-3,6-7H,4-5H2,1H3. The molecule has 0 unspecified atom stereocenters. The number of aryl methyl sites for hydroxylation is 1. The summed E-state index contributed by atoms with van der Waals surface area (Å²) < 4.78 is 5.07. The average Bonchev–Trinajstić information content (AvgIpc) is 2.18. The van der Waals surface area contributed by atoms with Gasteiger partial charge in [-0.1, -0.05) is 15.9 Å². The highest BCUT2D eigenvalue weighted by atomic mass is 79.9. The second-order valence-corrected chi connectivity index (χ2v) is 3.41. The Labute approximate surface area is 86.0 Å². The monoisotopic (exact) mass is 242 g/mol. The second kappa shape index (κ2) is 5.02. The maximum Gasteiger partial charge on any atom is 0.150 e. The number of ether oxygens (including phenoxy) is 1. The molecule has 70 valence electrons. The van der Waals surface area contributed by atoms with Gasteiger partial charge in [-0.3, -0.25) is 4.79 Å². The van der Waals surface area contributed by atoms with E-state index in [0.717, 1.165) is 34.9 Å². The van der Waals surface area contributed by atoms with E-state index in [1.807, 2.05) is 6.07 Å². The van der Waals surface area contributed by atoms with Crippen molar-refractivity contribution in [1.82, 2.24) is 0 Å². The van der Waals surface area contributed by atoms with Gasteiger partial charge >= 0.3 is 0 Å². The molecule has 0 aliphatic heterocycles. The lowest BCUT2D eigenvalue weighted by Crippen LogP contribution is -1.95. The fourth-order valence-electron chi connectivity index (χ4n) is 1.14. The molecule has 0 bridgehead atoms. The third kappa shape index (κ3) is 2.56. The molecule has 0 radical (unpaired) electrons. The highest BCUT2D eigenvalue weighted by Crippen LogP contribution is 2.17. The van der Waals surface area contributed by atoms with Crippen molar-refractivity contribution in [2.24, 2.45) is 0 Å². The fraction of sp³-hybridized carbons (Fsp3) is 0.300. The minimum atomic E-state index is 0.736. The summed E-state index contributed by atoms with van der Waals surface area (Å²) >= 11 is 3.34. The van der Waals surface area contributed by atoms with E-state index in [-0.39, 0.29) is 0 Å². The van der Waals surface area contributed by atoms with Gasteiger partial charge in [0.05, 0.1) is 7.11 Å². The molecule has 1 aromatic rings. The van der Waals surface area contributed by atoms with E-state index in [1.54, 1.807) is 19.2 Å². The Morgan fingerprint density at radius 3 is 2.85 bits per heavy atom. The molecule has 0 aromatic heterocycles. The van der Waals surface area contributed by atoms with Crippen molar-refractivity contribution in [1.29, 1.82) is 0 Å². The molecule has 0 aliphatic carbocycles. The van der Waals surface area contributed by atoms with Crippen LogP contribution < -0.4 is 4.74 Å². The van der Waals surface area contributed by atoms with Crippen LogP contribution in [0.15, 0.2) is 18.2 Å². The molecule has 0 aliphatic rings. The topological polar surface area (TPSA) is 26.3 Å². The molecule has 0 saturated heterocycles. The molecule has 2 nitrogen and oxygen atoms in total. The van der Waals surface area contributed by atoms with Crippen molar-refractivity contribution in [2.75, 3.05) is 12.4 Å². The van der Waals surface area contributed by atoms with Gasteiger partial charge < -0.3 is 4.74 Å². The summed E-state index contributed by atoms with van der Waals surface area (Å²) in [4.78, 5) is 10.6. The first-order chi connectivity index (χ1) is 6.31. The summed E-state index contributed by atoms with van der Waals surface area (Å²) in [7, 11) is 1.62. The number of hydrogen-bond acceptors (Lipinski definition) is 2. The average molecular weight is 243 g/mol. The van der Waals surface area contributed by atoms with E-state index < -0.39 is 0 Å². The van der Waals surface area contributed by atoms with Crippen LogP contribution in [0.4, 0.5) is 0 Å². The van der Waals surface area contributed by atoms with Gasteiger partial charge in [0.25, 0.3) is 0 Å². The molecule has 0 amide bonds. The zero-order valence-electron chi connectivity index (χ0n) is 7.42. The fourth-order valence-corrected chi connectivity index (χ4v) is 1.57. The molecule has 1 aromatic carbocycles. The molecule has 3 heteroatoms. The zero-order valence-corrected chi connectivity index (χ0v) is 9.00. The van der Waals surface area contributed by atoms with Crippen molar-refractivity contribution < 1.29 is 9.53 Å². The summed E-state index contributed by atoms with van der Waals surface area (Å²) in [5, 5.41) is 0.848. The van der Waals surface area contributed by atoms with Gasteiger partial charge in [-0.25, -0.2) is 0 Å². The number of methoxy groups -OCH3 is 1. The molecular weight excluding hydrogens is 232 g/mol. The Balaban J connectivity index is 3.02. The van der Waals surface area contributed by atoms with Gasteiger partial charge in [0.15, 0.2) is 0 Å². The number of carbonyl (C=O) groups is 1. The third-order valence-electron chi connectivity index (χ3n) is 1.84. The molecule has 0 atom stereocenters. The van der Waals surface area contributed by atoms with Crippen molar-refractivity contribution in [3.63, 3.8) is 0 Å². The van der Waals surface area contributed by atoms with Crippen LogP contribution in [-0.4, -0.2) is 18.7 Å². The summed E-state index contributed by atoms with van der Waals surface area (Å²) in [6.07, 6.45) is 1.71. The quantitative estimate of drug-likeness (QED) is 0.599. The Hall–Kier alpha value is -0.830. The lowest BCUT2D eigenvalue weighted by Gasteiger charge is -2.05. The molecular formula is C10H11BrO2. The number of benzene rings is 1. The molecule has 1 rings (SSSR count). The summed E-state index contributed by atoms with van der Waals surface area (Å²) in [5.41, 5.74) is 1.76. The predicted octanol–water partition coefficient (Wildman–Crippen LogP) is 2.45. The van der Waals surface area contributed by atoms with Crippen LogP contribution >= 0.6 is 15.9 Å². The molecule has 0 fully saturated rings.